The van der Waals surface area contributed by atoms with Crippen molar-refractivity contribution in [3.63, 3.8) is 0 Å². The molecule has 31 nitrogen and oxygen atoms in total. The van der Waals surface area contributed by atoms with Crippen LogP contribution in [0.2, 0.25) is 0 Å². The number of phenolic OH excluding ortho intramolecular Hbond substituents is 1. The fraction of sp³-hybridized carbons (Fsp3) is 0.288. The number of carbonyl (C=O) groups excluding carboxylic acids is 6. The molecule has 0 aliphatic rings. The fourth-order valence-corrected chi connectivity index (χ4v) is 9.66. The van der Waals surface area contributed by atoms with E-state index < -0.39 is 35.4 Å². The Balaban J connectivity index is 0.713. The number of aliphatic imine (C=N–C) groups is 2. The SMILES string of the molecule is Cc1ocnc1-c1nc2ccc(C(O)=Nc3cc(C(=O)Nc4cc(C(=O)NCCCC(O)=Nc5cn(C)c(C(=O)Nc6cc(C(=O)Nc7cc(C(=O)Nc8cc(C(=O)NCCC(O)=[NH+]CCCN(C)C)n(C)c8)n(C)c7)n(C)c6)n5)n(C)c4)n(C)c3)c(O)c2[nH]1. The molecule has 0 unspecified atom stereocenters. The largest absolute Gasteiger partial charge is 0.505 e. The molecule has 9 rings (SSSR count). The molecule has 470 valence electrons. The number of phenols is 1. The van der Waals surface area contributed by atoms with E-state index in [-0.39, 0.29) is 118 Å². The van der Waals surface area contributed by atoms with Crippen molar-refractivity contribution in [2.45, 2.75) is 32.6 Å². The molecular weight excluding hydrogens is 1160 g/mol. The van der Waals surface area contributed by atoms with Crippen molar-refractivity contribution in [1.29, 1.82) is 0 Å². The number of aryl methyl sites for hydroxylation is 7. The number of aliphatic hydroxyl groups excluding tert-OH is 3. The number of nitrogens with zero attached hydrogens (tertiary/aromatic N) is 12. The van der Waals surface area contributed by atoms with Crippen LogP contribution in [0.1, 0.15) is 100 Å². The normalized spacial score (nSPS) is 12.0. The van der Waals surface area contributed by atoms with Gasteiger partial charge in [-0.2, -0.15) is 4.99 Å². The Kier molecular flexibility index (Phi) is 18.9. The highest BCUT2D eigenvalue weighted by Gasteiger charge is 2.24. The number of aromatic amines is 1. The van der Waals surface area contributed by atoms with E-state index in [4.69, 9.17) is 4.42 Å². The number of nitrogens with one attached hydrogen (secondary N) is 8. The molecular formula is C59H69N20O11+. The third kappa shape index (κ3) is 14.8. The summed E-state index contributed by atoms with van der Waals surface area (Å²) in [7, 11) is 13.7. The number of rotatable bonds is 25. The minimum absolute atomic E-state index is 0.0185. The summed E-state index contributed by atoms with van der Waals surface area (Å²) < 4.78 is 14.3. The Bertz CT molecular complexity index is 4300. The molecule has 0 radical (unpaired) electrons. The number of oxazole rings is 1. The lowest BCUT2D eigenvalue weighted by Crippen LogP contribution is -2.73. The number of aliphatic hydroxyl groups is 3. The molecule has 0 aliphatic heterocycles. The molecule has 6 amide bonds. The van der Waals surface area contributed by atoms with Gasteiger partial charge in [-0.15, -0.1) is 0 Å². The molecule has 8 heterocycles. The van der Waals surface area contributed by atoms with E-state index in [1.54, 1.807) is 78.4 Å². The number of anilines is 4. The zero-order valence-electron chi connectivity index (χ0n) is 50.8. The summed E-state index contributed by atoms with van der Waals surface area (Å²) in [4.78, 5) is 109. The maximum absolute atomic E-state index is 13.5. The van der Waals surface area contributed by atoms with E-state index in [1.807, 2.05) is 19.0 Å². The molecule has 31 heteroatoms. The van der Waals surface area contributed by atoms with Gasteiger partial charge in [0.05, 0.1) is 52.1 Å². The van der Waals surface area contributed by atoms with Crippen LogP contribution in [0, 0.1) is 6.92 Å². The fourth-order valence-electron chi connectivity index (χ4n) is 9.66. The van der Waals surface area contributed by atoms with Crippen LogP contribution >= 0.6 is 0 Å². The summed E-state index contributed by atoms with van der Waals surface area (Å²) in [5, 5.41) is 59.5. The highest BCUT2D eigenvalue weighted by molar-refractivity contribution is 6.09. The van der Waals surface area contributed by atoms with Gasteiger partial charge in [-0.05, 0) is 69.9 Å². The van der Waals surface area contributed by atoms with Crippen LogP contribution in [-0.4, -0.2) is 166 Å². The number of hydrogen-bond acceptors (Lipinski definition) is 14. The molecule has 8 aromatic heterocycles. The Hall–Kier alpha value is -11.5. The number of benzene rings is 1. The van der Waals surface area contributed by atoms with Gasteiger partial charge in [0.15, 0.2) is 29.7 Å². The molecule has 0 bridgehead atoms. The van der Waals surface area contributed by atoms with Crippen molar-refractivity contribution in [2.75, 3.05) is 61.5 Å². The molecule has 90 heavy (non-hydrogen) atoms. The number of amides is 6. The van der Waals surface area contributed by atoms with Crippen LogP contribution in [0.3, 0.4) is 0 Å². The van der Waals surface area contributed by atoms with Crippen molar-refractivity contribution < 1.29 is 58.6 Å². The van der Waals surface area contributed by atoms with Crippen LogP contribution in [0.5, 0.6) is 5.75 Å². The lowest BCUT2D eigenvalue weighted by molar-refractivity contribution is -0.468. The summed E-state index contributed by atoms with van der Waals surface area (Å²) in [5.74, 6) is -3.16. The number of carbonyl (C=O) groups is 6. The van der Waals surface area contributed by atoms with E-state index in [2.05, 4.69) is 66.8 Å². The third-order valence-corrected chi connectivity index (χ3v) is 14.2. The summed E-state index contributed by atoms with van der Waals surface area (Å²) in [6.45, 7) is 3.54. The monoisotopic (exact) mass is 1230 g/mol. The second-order valence-corrected chi connectivity index (χ2v) is 21.5. The van der Waals surface area contributed by atoms with Gasteiger partial charge in [0.25, 0.3) is 35.4 Å². The van der Waals surface area contributed by atoms with Crippen LogP contribution in [0.4, 0.5) is 34.3 Å². The maximum Gasteiger partial charge on any atom is 0.333 e. The van der Waals surface area contributed by atoms with E-state index >= 15 is 0 Å². The van der Waals surface area contributed by atoms with E-state index in [1.165, 1.54) is 84.2 Å². The Morgan fingerprint density at radius 3 is 1.69 bits per heavy atom. The van der Waals surface area contributed by atoms with Crippen molar-refractivity contribution in [3.8, 4) is 17.3 Å². The molecule has 0 atom stereocenters. The predicted molar refractivity (Wildman–Crippen MR) is 334 cm³/mol. The first-order chi connectivity index (χ1) is 42.9. The highest BCUT2D eigenvalue weighted by Crippen LogP contribution is 2.32. The van der Waals surface area contributed by atoms with Crippen molar-refractivity contribution in [3.05, 3.63) is 132 Å². The number of aromatic nitrogens is 10. The maximum atomic E-state index is 13.5. The number of hydrogen-bond donors (Lipinski definition) is 12. The van der Waals surface area contributed by atoms with Gasteiger partial charge < -0.3 is 94.0 Å². The van der Waals surface area contributed by atoms with Gasteiger partial charge in [-0.1, -0.05) is 0 Å². The van der Waals surface area contributed by atoms with Crippen molar-refractivity contribution >= 4 is 98.4 Å². The molecule has 0 saturated heterocycles. The number of fused-ring (bicyclic) bond motifs is 1. The average molecular weight is 1230 g/mol. The number of aromatic hydroxyl groups is 1. The highest BCUT2D eigenvalue weighted by atomic mass is 16.3. The Morgan fingerprint density at radius 1 is 0.622 bits per heavy atom. The molecule has 12 N–H and O–H groups in total. The van der Waals surface area contributed by atoms with E-state index in [0.717, 1.165) is 13.0 Å². The summed E-state index contributed by atoms with van der Waals surface area (Å²) in [5.41, 5.74) is 3.74. The van der Waals surface area contributed by atoms with Crippen molar-refractivity contribution in [1.82, 2.24) is 62.9 Å². The van der Waals surface area contributed by atoms with Gasteiger partial charge in [-0.3, -0.25) is 28.8 Å². The zero-order chi connectivity index (χ0) is 64.7. The quantitative estimate of drug-likeness (QED) is 0.0217. The average Bonchev–Trinajstić information content (AvgIpc) is 3.77. The molecule has 0 saturated carbocycles. The van der Waals surface area contributed by atoms with E-state index in [9.17, 15) is 49.2 Å². The van der Waals surface area contributed by atoms with Gasteiger partial charge in [-0.25, -0.2) is 24.9 Å². The van der Waals surface area contributed by atoms with Crippen LogP contribution in [0.15, 0.2) is 100 Å². The summed E-state index contributed by atoms with van der Waals surface area (Å²) in [6.07, 6.45) is 11.9. The standard InChI is InChI=1S/C59H68N20O11/c1-32-48(63-31-90-32)51-69-39-14-13-38(50(82)49(39)72-51)53(83)64-33-22-42(76(6)25-33)56(86)65-34-20-40(74(4)26-34)54(84)61-16-10-12-47(81)70-45-30-79(9)52(71-45)59(89)68-37-24-44(78(8)29-37)58(88)67-36-23-43(77(7)28-36)57(87)66-35-21-41(75(5)27-35)55(85)62-18-15-46(80)60-17-11-19-73(2)3/h13-14,20-31,82H,10-12,15-19H2,1-9H3,(H,60,80)(H,61,84)(H,62,85)(H,64,83)(H,65,86)(H,66,87)(H,67,88)(H,68,89)(H,69,72)(H,70,81)/p+1. The molecule has 1 aromatic carbocycles. The first kappa shape index (κ1) is 63.0. The Labute approximate surface area is 513 Å². The number of H-pyrrole nitrogens is 1. The molecule has 0 fully saturated rings. The number of imidazole rings is 2. The summed E-state index contributed by atoms with van der Waals surface area (Å²) in [6, 6.07) is 10.5. The van der Waals surface area contributed by atoms with Gasteiger partial charge in [0.1, 0.15) is 52.0 Å². The smallest absolute Gasteiger partial charge is 0.333 e. The topological polar surface area (TPSA) is 395 Å². The second kappa shape index (κ2) is 27.0. The van der Waals surface area contributed by atoms with E-state index in [0.29, 0.717) is 46.4 Å². The summed E-state index contributed by atoms with van der Waals surface area (Å²) >= 11 is 0. The third-order valence-electron chi connectivity index (χ3n) is 14.2. The van der Waals surface area contributed by atoms with Gasteiger partial charge in [0.2, 0.25) is 11.7 Å². The molecule has 0 aliphatic carbocycles. The van der Waals surface area contributed by atoms with Gasteiger partial charge >= 0.3 is 5.90 Å². The minimum Gasteiger partial charge on any atom is -0.505 e. The van der Waals surface area contributed by atoms with Crippen molar-refractivity contribution in [2.24, 2.45) is 52.3 Å². The van der Waals surface area contributed by atoms with Crippen LogP contribution in [-0.2, 0) is 42.3 Å². The zero-order valence-corrected chi connectivity index (χ0v) is 50.8. The Morgan fingerprint density at radius 2 is 1.14 bits per heavy atom. The minimum atomic E-state index is -0.629. The molecule has 9 aromatic rings. The van der Waals surface area contributed by atoms with Crippen LogP contribution < -0.4 is 36.9 Å². The second-order valence-electron chi connectivity index (χ2n) is 21.5. The first-order valence-corrected chi connectivity index (χ1v) is 28.2. The first-order valence-electron chi connectivity index (χ1n) is 28.2. The van der Waals surface area contributed by atoms with Gasteiger partial charge in [0, 0.05) is 106 Å². The lowest BCUT2D eigenvalue weighted by Gasteiger charge is -2.05. The predicted octanol–water partition coefficient (Wildman–Crippen LogP) is 4.21. The lowest BCUT2D eigenvalue weighted by atomic mass is 10.1. The van der Waals surface area contributed by atoms with Crippen LogP contribution in [0.25, 0.3) is 22.6 Å². The molecule has 0 spiro atoms.